The zero-order valence-electron chi connectivity index (χ0n) is 63.1. The molecule has 0 saturated heterocycles. The Morgan fingerprint density at radius 2 is 0.703 bits per heavy atom. The molecule has 0 spiro atoms. The van der Waals surface area contributed by atoms with Crippen LogP contribution in [0.4, 0.5) is 0 Å². The molecule has 524 valence electrons. The van der Waals surface area contributed by atoms with Gasteiger partial charge in [-0.05, 0) is 271 Å². The predicted octanol–water partition coefficient (Wildman–Crippen LogP) is 29.1. The van der Waals surface area contributed by atoms with Crippen molar-refractivity contribution in [3.63, 3.8) is 0 Å². The lowest BCUT2D eigenvalue weighted by Crippen LogP contribution is -2.50. The third-order valence-corrected chi connectivity index (χ3v) is 29.4. The molecule has 0 bridgehead atoms. The summed E-state index contributed by atoms with van der Waals surface area (Å²) in [4.78, 5) is 0. The number of ether oxygens (including phenoxy) is 1. The van der Waals surface area contributed by atoms with Crippen molar-refractivity contribution in [3.8, 4) is 0 Å². The van der Waals surface area contributed by atoms with Gasteiger partial charge in [0.2, 0.25) is 0 Å². The number of hydrogen-bond donors (Lipinski definition) is 0. The second-order valence-corrected chi connectivity index (χ2v) is 36.6. The summed E-state index contributed by atoms with van der Waals surface area (Å²) in [5, 5.41) is 0. The molecular weight excluding hydrogens is 1100 g/mol. The third kappa shape index (κ3) is 22.0. The zero-order chi connectivity index (χ0) is 64.4. The molecule has 0 heterocycles. The van der Waals surface area contributed by atoms with Gasteiger partial charge in [0.05, 0.1) is 0 Å². The molecule has 6 fully saturated rings. The Kier molecular flexibility index (Phi) is 32.9. The van der Waals surface area contributed by atoms with Gasteiger partial charge in [0.25, 0.3) is 0 Å². The standard InChI is InChI=1S/C90H158O/c1-71(2)45-43-47-73(5)81-55-57-83-79-53-51-77-69-75(59-63-87(77,7)85(79)61-65-89(81,83)9)49-39-35-31-27-23-19-15-11-13-17-21-25-29-33-37-41-67-91-68-42-38-34-30-26-22-18-14-12-16-20-24-28-32-36-40-50-76-60-64-88(8)78(70-76)52-54-80-84-58-56-82(74(6)48-44-46-72(3)4)90(84,10)66-62-86(80)88/h11-14,51-52,71-76,79-86H,15-50,53-70H2,1-10H3/t73-,74-,75?,76?,79?,80?,81-,82-,83?,84?,85?,86?,87+,88+,89-,90-/m1/s1. The zero-order valence-corrected chi connectivity index (χ0v) is 63.1. The van der Waals surface area contributed by atoms with Gasteiger partial charge in [0.15, 0.2) is 0 Å². The van der Waals surface area contributed by atoms with Crippen LogP contribution in [0.25, 0.3) is 0 Å². The van der Waals surface area contributed by atoms with Crippen molar-refractivity contribution in [2.75, 3.05) is 13.2 Å². The number of allylic oxidation sites excluding steroid dienone is 8. The smallest absolute Gasteiger partial charge is 0.0466 e. The van der Waals surface area contributed by atoms with E-state index in [1.807, 2.05) is 11.1 Å². The summed E-state index contributed by atoms with van der Waals surface area (Å²) >= 11 is 0. The number of rotatable bonds is 46. The molecule has 0 radical (unpaired) electrons. The highest BCUT2D eigenvalue weighted by Gasteiger charge is 2.61. The maximum absolute atomic E-state index is 6.02. The highest BCUT2D eigenvalue weighted by molar-refractivity contribution is 5.27. The maximum Gasteiger partial charge on any atom is 0.0466 e. The van der Waals surface area contributed by atoms with Crippen LogP contribution in [0.5, 0.6) is 0 Å². The fourth-order valence-electron chi connectivity index (χ4n) is 23.7. The van der Waals surface area contributed by atoms with Crippen molar-refractivity contribution in [2.45, 2.75) is 403 Å². The summed E-state index contributed by atoms with van der Waals surface area (Å²) in [6.07, 6.45) is 90.1. The van der Waals surface area contributed by atoms with E-state index in [2.05, 4.69) is 106 Å². The SMILES string of the molecule is CC(C)CCC[C@@H](C)[C@H]1CCC2C3CC=C4CC(CCCCCCCCC=CCCCCCCCCOCCCCCCCCC=CCCCCCCCCC5CC[C@@]6(C)C(=CCC7C6CC[C@@]6(C)C7CC[C@@H]6[C@H](C)CCCC(C)C)C5)CC[C@]4(C)C3CC[C@@]21C. The first kappa shape index (κ1) is 75.7. The van der Waals surface area contributed by atoms with Gasteiger partial charge in [-0.2, -0.15) is 0 Å². The Hall–Kier alpha value is -1.08. The van der Waals surface area contributed by atoms with Gasteiger partial charge in [-0.15, -0.1) is 0 Å². The van der Waals surface area contributed by atoms with Gasteiger partial charge in [-0.1, -0.05) is 284 Å². The van der Waals surface area contributed by atoms with Crippen LogP contribution < -0.4 is 0 Å². The largest absolute Gasteiger partial charge is 0.381 e. The topological polar surface area (TPSA) is 9.23 Å². The van der Waals surface area contributed by atoms with E-state index in [1.165, 1.54) is 334 Å². The monoisotopic (exact) mass is 1260 g/mol. The van der Waals surface area contributed by atoms with Crippen molar-refractivity contribution in [2.24, 2.45) is 105 Å². The van der Waals surface area contributed by atoms with E-state index in [1.54, 1.807) is 0 Å². The van der Waals surface area contributed by atoms with Gasteiger partial charge >= 0.3 is 0 Å². The van der Waals surface area contributed by atoms with E-state index in [4.69, 9.17) is 4.74 Å². The van der Waals surface area contributed by atoms with E-state index in [0.717, 1.165) is 96.1 Å². The van der Waals surface area contributed by atoms with E-state index < -0.39 is 0 Å². The van der Waals surface area contributed by atoms with Gasteiger partial charge in [-0.3, -0.25) is 0 Å². The molecule has 8 rings (SSSR count). The molecule has 1 nitrogen and oxygen atoms in total. The minimum Gasteiger partial charge on any atom is -0.381 e. The van der Waals surface area contributed by atoms with Crippen LogP contribution in [-0.2, 0) is 4.74 Å². The van der Waals surface area contributed by atoms with Crippen molar-refractivity contribution in [3.05, 3.63) is 47.6 Å². The van der Waals surface area contributed by atoms with Crippen LogP contribution in [0, 0.1) is 105 Å². The molecule has 91 heavy (non-hydrogen) atoms. The normalized spacial score (nSPS) is 33.6. The van der Waals surface area contributed by atoms with Crippen LogP contribution in [0.3, 0.4) is 0 Å². The highest BCUT2D eigenvalue weighted by atomic mass is 16.5. The van der Waals surface area contributed by atoms with Crippen molar-refractivity contribution >= 4 is 0 Å². The van der Waals surface area contributed by atoms with Crippen LogP contribution >= 0.6 is 0 Å². The Labute approximate surface area is 570 Å². The van der Waals surface area contributed by atoms with Gasteiger partial charge < -0.3 is 4.74 Å². The van der Waals surface area contributed by atoms with Crippen LogP contribution in [-0.4, -0.2) is 13.2 Å². The van der Waals surface area contributed by atoms with Gasteiger partial charge in [0.1, 0.15) is 0 Å². The minimum atomic E-state index is 0.520. The first-order valence-electron chi connectivity index (χ1n) is 42.4. The molecule has 0 aromatic heterocycles. The summed E-state index contributed by atoms with van der Waals surface area (Å²) in [6, 6.07) is 0. The molecule has 8 aliphatic carbocycles. The second kappa shape index (κ2) is 39.5. The maximum atomic E-state index is 6.02. The third-order valence-electron chi connectivity index (χ3n) is 29.4. The van der Waals surface area contributed by atoms with Crippen LogP contribution in [0.15, 0.2) is 47.6 Å². The molecule has 16 atom stereocenters. The molecule has 0 aliphatic heterocycles. The number of hydrogen-bond acceptors (Lipinski definition) is 1. The fourth-order valence-corrected chi connectivity index (χ4v) is 23.7. The lowest BCUT2D eigenvalue weighted by molar-refractivity contribution is -0.0530. The first-order chi connectivity index (χ1) is 44.2. The summed E-state index contributed by atoms with van der Waals surface area (Å²) in [6.45, 7) is 27.9. The molecule has 8 unspecified atom stereocenters. The van der Waals surface area contributed by atoms with E-state index in [-0.39, 0.29) is 0 Å². The summed E-state index contributed by atoms with van der Waals surface area (Å²) in [7, 11) is 0. The van der Waals surface area contributed by atoms with E-state index in [0.29, 0.717) is 21.7 Å². The van der Waals surface area contributed by atoms with Crippen LogP contribution in [0.2, 0.25) is 0 Å². The van der Waals surface area contributed by atoms with Crippen molar-refractivity contribution < 1.29 is 4.74 Å². The Balaban J connectivity index is 0.513. The molecule has 0 aromatic carbocycles. The van der Waals surface area contributed by atoms with E-state index in [9.17, 15) is 0 Å². The average Bonchev–Trinajstić information content (AvgIpc) is 1.73. The van der Waals surface area contributed by atoms with Crippen molar-refractivity contribution in [1.82, 2.24) is 0 Å². The lowest BCUT2D eigenvalue weighted by Gasteiger charge is -2.58. The first-order valence-corrected chi connectivity index (χ1v) is 42.4. The molecule has 8 aliphatic rings. The summed E-state index contributed by atoms with van der Waals surface area (Å²) < 4.78 is 6.02. The Morgan fingerprint density at radius 3 is 1.07 bits per heavy atom. The number of unbranched alkanes of at least 4 members (excludes halogenated alkanes) is 24. The van der Waals surface area contributed by atoms with Crippen LogP contribution in [0.1, 0.15) is 403 Å². The quantitative estimate of drug-likeness (QED) is 0.0436. The fraction of sp³-hybridized carbons (Fsp3) is 0.911. The minimum absolute atomic E-state index is 0.520. The summed E-state index contributed by atoms with van der Waals surface area (Å²) in [5.74, 6) is 13.4. The second-order valence-electron chi connectivity index (χ2n) is 36.6. The highest BCUT2D eigenvalue weighted by Crippen LogP contribution is 2.70. The van der Waals surface area contributed by atoms with E-state index >= 15 is 0 Å². The lowest BCUT2D eigenvalue weighted by atomic mass is 9.46. The Morgan fingerprint density at radius 1 is 0.363 bits per heavy atom. The molecule has 0 aromatic rings. The summed E-state index contributed by atoms with van der Waals surface area (Å²) in [5.41, 5.74) is 6.12. The molecule has 0 amide bonds. The Bertz CT molecular complexity index is 1950. The molecule has 6 saturated carbocycles. The van der Waals surface area contributed by atoms with Crippen molar-refractivity contribution in [1.29, 1.82) is 0 Å². The predicted molar refractivity (Wildman–Crippen MR) is 401 cm³/mol. The molecule has 0 N–H and O–H groups in total. The number of fused-ring (bicyclic) bond motifs is 10. The van der Waals surface area contributed by atoms with Gasteiger partial charge in [-0.25, -0.2) is 0 Å². The van der Waals surface area contributed by atoms with Gasteiger partial charge in [0, 0.05) is 13.2 Å². The molecular formula is C90H158O. The molecule has 1 heteroatoms. The average molecular weight is 1260 g/mol.